The van der Waals surface area contributed by atoms with Gasteiger partial charge in [0.25, 0.3) is 0 Å². The molecule has 4 aromatic rings. The molecule has 0 radical (unpaired) electrons. The molecule has 0 atom stereocenters. The molecule has 166 valence electrons. The molecule has 0 saturated carbocycles. The van der Waals surface area contributed by atoms with Gasteiger partial charge in [-0.25, -0.2) is 0 Å². The Bertz CT molecular complexity index is 1240. The topological polar surface area (TPSA) is 26.3 Å². The van der Waals surface area contributed by atoms with Crippen molar-refractivity contribution in [2.45, 2.75) is 58.8 Å². The second kappa shape index (κ2) is 10.8. The Morgan fingerprint density at radius 2 is 1.56 bits per heavy atom. The Balaban J connectivity index is 1.81. The highest BCUT2D eigenvalue weighted by molar-refractivity contribution is 7.24. The summed E-state index contributed by atoms with van der Waals surface area (Å²) in [5.74, 6) is 0.841. The zero-order valence-corrected chi connectivity index (χ0v) is 20.0. The second-order valence-corrected chi connectivity index (χ2v) is 9.43. The first-order valence-corrected chi connectivity index (χ1v) is 12.8. The number of hydrogen-bond donors (Lipinski definition) is 0. The summed E-state index contributed by atoms with van der Waals surface area (Å²) in [5, 5.41) is 1.59. The molecule has 0 N–H and O–H groups in total. The molecule has 0 amide bonds. The molecule has 1 heterocycles. The number of benzene rings is 3. The van der Waals surface area contributed by atoms with Crippen LogP contribution in [0.4, 0.5) is 0 Å². The number of fused-ring (bicyclic) bond motifs is 2. The molecular formula is C29H32O2S. The zero-order valence-electron chi connectivity index (χ0n) is 19.2. The Morgan fingerprint density at radius 1 is 0.844 bits per heavy atom. The van der Waals surface area contributed by atoms with Crippen LogP contribution in [0.5, 0.6) is 5.75 Å². The largest absolute Gasteiger partial charge is 0.493 e. The highest BCUT2D eigenvalue weighted by Crippen LogP contribution is 2.41. The Labute approximate surface area is 194 Å². The van der Waals surface area contributed by atoms with Gasteiger partial charge in [0, 0.05) is 20.3 Å². The predicted molar refractivity (Wildman–Crippen MR) is 139 cm³/mol. The fourth-order valence-corrected chi connectivity index (χ4v) is 5.62. The van der Waals surface area contributed by atoms with E-state index in [0.29, 0.717) is 6.61 Å². The van der Waals surface area contributed by atoms with Gasteiger partial charge < -0.3 is 4.74 Å². The van der Waals surface area contributed by atoms with Gasteiger partial charge in [-0.15, -0.1) is 11.3 Å². The molecular weight excluding hydrogens is 412 g/mol. The summed E-state index contributed by atoms with van der Waals surface area (Å²) in [7, 11) is 0. The fourth-order valence-electron chi connectivity index (χ4n) is 4.35. The van der Waals surface area contributed by atoms with E-state index in [0.717, 1.165) is 49.9 Å². The molecule has 0 unspecified atom stereocenters. The molecule has 0 fully saturated rings. The number of unbranched alkanes of at least 4 members (excludes halogenated alkanes) is 5. The third-order valence-corrected chi connectivity index (χ3v) is 7.34. The van der Waals surface area contributed by atoms with Crippen molar-refractivity contribution in [2.24, 2.45) is 0 Å². The molecule has 0 aliphatic carbocycles. The summed E-state index contributed by atoms with van der Waals surface area (Å²) in [4.78, 5) is 13.7. The van der Waals surface area contributed by atoms with E-state index in [1.54, 1.807) is 11.3 Å². The Kier molecular flexibility index (Phi) is 7.59. The molecule has 4 rings (SSSR count). The van der Waals surface area contributed by atoms with E-state index in [4.69, 9.17) is 4.74 Å². The van der Waals surface area contributed by atoms with Gasteiger partial charge in [-0.3, -0.25) is 4.79 Å². The van der Waals surface area contributed by atoms with Crippen LogP contribution in [0.1, 0.15) is 57.9 Å². The molecule has 2 nitrogen and oxygen atoms in total. The maximum atomic E-state index is 13.7. The lowest BCUT2D eigenvalue weighted by Crippen LogP contribution is -2.07. The lowest BCUT2D eigenvalue weighted by atomic mass is 9.96. The highest BCUT2D eigenvalue weighted by Gasteiger charge is 2.19. The van der Waals surface area contributed by atoms with Gasteiger partial charge in [0.05, 0.1) is 12.0 Å². The smallest absolute Gasteiger partial charge is 0.196 e. The minimum atomic E-state index is 0.105. The number of ether oxygens (including phenoxy) is 1. The second-order valence-electron chi connectivity index (χ2n) is 8.38. The summed E-state index contributed by atoms with van der Waals surface area (Å²) in [5.41, 5.74) is 3.27. The first-order chi connectivity index (χ1) is 15.7. The molecule has 0 saturated heterocycles. The Hall–Kier alpha value is -2.65. The van der Waals surface area contributed by atoms with Crippen molar-refractivity contribution in [2.75, 3.05) is 6.61 Å². The summed E-state index contributed by atoms with van der Waals surface area (Å²) < 4.78 is 8.51. The monoisotopic (exact) mass is 444 g/mol. The van der Waals surface area contributed by atoms with Gasteiger partial charge in [-0.1, -0.05) is 88.4 Å². The molecule has 0 aliphatic heterocycles. The normalized spacial score (nSPS) is 11.3. The minimum Gasteiger partial charge on any atom is -0.493 e. The van der Waals surface area contributed by atoms with Crippen molar-refractivity contribution in [1.29, 1.82) is 0 Å². The maximum Gasteiger partial charge on any atom is 0.196 e. The lowest BCUT2D eigenvalue weighted by molar-refractivity contribution is 0.305. The molecule has 1 aromatic heterocycles. The van der Waals surface area contributed by atoms with Crippen LogP contribution in [0, 0.1) is 0 Å². The van der Waals surface area contributed by atoms with Gasteiger partial charge in [-0.2, -0.15) is 0 Å². The third kappa shape index (κ3) is 4.73. The van der Waals surface area contributed by atoms with Crippen molar-refractivity contribution in [3.8, 4) is 16.9 Å². The summed E-state index contributed by atoms with van der Waals surface area (Å²) in [6.07, 6.45) is 8.24. The van der Waals surface area contributed by atoms with Crippen molar-refractivity contribution in [3.05, 3.63) is 76.5 Å². The van der Waals surface area contributed by atoms with Gasteiger partial charge in [0.2, 0.25) is 0 Å². The van der Waals surface area contributed by atoms with E-state index in [2.05, 4.69) is 32.0 Å². The van der Waals surface area contributed by atoms with Crippen LogP contribution in [-0.2, 0) is 6.42 Å². The van der Waals surface area contributed by atoms with E-state index in [1.807, 2.05) is 42.5 Å². The first kappa shape index (κ1) is 22.5. The summed E-state index contributed by atoms with van der Waals surface area (Å²) >= 11 is 1.72. The van der Waals surface area contributed by atoms with Crippen molar-refractivity contribution >= 4 is 31.5 Å². The predicted octanol–water partition coefficient (Wildman–Crippen LogP) is 8.38. The average molecular weight is 445 g/mol. The summed E-state index contributed by atoms with van der Waals surface area (Å²) in [6, 6.07) is 20.3. The Morgan fingerprint density at radius 3 is 2.34 bits per heavy atom. The van der Waals surface area contributed by atoms with Crippen LogP contribution in [0.3, 0.4) is 0 Å². The molecule has 0 aliphatic rings. The van der Waals surface area contributed by atoms with Gasteiger partial charge in [-0.05, 0) is 42.2 Å². The van der Waals surface area contributed by atoms with Crippen LogP contribution in [-0.4, -0.2) is 6.61 Å². The first-order valence-electron chi connectivity index (χ1n) is 11.9. The summed E-state index contributed by atoms with van der Waals surface area (Å²) in [6.45, 7) is 5.08. The van der Waals surface area contributed by atoms with Crippen molar-refractivity contribution in [1.82, 2.24) is 0 Å². The number of hydrogen-bond acceptors (Lipinski definition) is 3. The highest BCUT2D eigenvalue weighted by atomic mass is 32.1. The van der Waals surface area contributed by atoms with Crippen LogP contribution >= 0.6 is 11.3 Å². The van der Waals surface area contributed by atoms with Crippen molar-refractivity contribution < 1.29 is 4.74 Å². The average Bonchev–Trinajstić information content (AvgIpc) is 2.84. The van der Waals surface area contributed by atoms with Gasteiger partial charge in [0.1, 0.15) is 5.75 Å². The van der Waals surface area contributed by atoms with Crippen LogP contribution in [0.25, 0.3) is 31.3 Å². The van der Waals surface area contributed by atoms with E-state index in [1.165, 1.54) is 37.7 Å². The standard InChI is InChI=1S/C29H32O2S/c1-3-5-6-7-8-14-19-31-24-20-21(4-2)29-27(26(24)22-15-10-9-11-16-22)28(30)23-17-12-13-18-25(23)32-29/h9-13,15-18,20H,3-8,14,19H2,1-2H3. The van der Waals surface area contributed by atoms with Gasteiger partial charge in [0.15, 0.2) is 5.43 Å². The van der Waals surface area contributed by atoms with E-state index in [-0.39, 0.29) is 5.43 Å². The number of aryl methyl sites for hydroxylation is 1. The van der Waals surface area contributed by atoms with Crippen LogP contribution < -0.4 is 10.2 Å². The van der Waals surface area contributed by atoms with Crippen LogP contribution in [0.15, 0.2) is 65.5 Å². The quantitative estimate of drug-likeness (QED) is 0.181. The lowest BCUT2D eigenvalue weighted by Gasteiger charge is -2.17. The molecule has 32 heavy (non-hydrogen) atoms. The molecule has 3 aromatic carbocycles. The van der Waals surface area contributed by atoms with Gasteiger partial charge >= 0.3 is 0 Å². The maximum absolute atomic E-state index is 13.7. The third-order valence-electron chi connectivity index (χ3n) is 6.09. The van der Waals surface area contributed by atoms with Crippen LogP contribution in [0.2, 0.25) is 0 Å². The SMILES string of the molecule is CCCCCCCCOc1cc(CC)c2sc3ccccc3c(=O)c2c1-c1ccccc1. The van der Waals surface area contributed by atoms with E-state index >= 15 is 0 Å². The molecule has 0 bridgehead atoms. The zero-order chi connectivity index (χ0) is 22.3. The molecule has 3 heteroatoms. The number of rotatable bonds is 10. The minimum absolute atomic E-state index is 0.105. The van der Waals surface area contributed by atoms with E-state index < -0.39 is 0 Å². The van der Waals surface area contributed by atoms with E-state index in [9.17, 15) is 4.79 Å². The molecule has 0 spiro atoms. The van der Waals surface area contributed by atoms with Crippen molar-refractivity contribution in [3.63, 3.8) is 0 Å². The fraction of sp³-hybridized carbons (Fsp3) is 0.345.